The van der Waals surface area contributed by atoms with E-state index < -0.39 is 6.36 Å². The molecule has 5 heteroatoms. The van der Waals surface area contributed by atoms with Crippen LogP contribution in [0.4, 0.5) is 18.9 Å². The van der Waals surface area contributed by atoms with E-state index in [2.05, 4.69) is 21.9 Å². The first-order valence-corrected chi connectivity index (χ1v) is 6.03. The van der Waals surface area contributed by atoms with Crippen LogP contribution in [-0.2, 0) is 0 Å². The van der Waals surface area contributed by atoms with Crippen molar-refractivity contribution in [3.05, 3.63) is 23.8 Å². The van der Waals surface area contributed by atoms with Gasteiger partial charge in [0.25, 0.3) is 0 Å². The maximum Gasteiger partial charge on any atom is 0.573 e. The van der Waals surface area contributed by atoms with Gasteiger partial charge in [-0.2, -0.15) is 0 Å². The molecular formula is C14H14F3NO. The third-order valence-corrected chi connectivity index (χ3v) is 3.03. The second-order valence-electron chi connectivity index (χ2n) is 4.34. The number of halogens is 3. The maximum absolute atomic E-state index is 12.2. The lowest BCUT2D eigenvalue weighted by atomic mass is 9.96. The van der Waals surface area contributed by atoms with E-state index in [4.69, 9.17) is 0 Å². The highest BCUT2D eigenvalue weighted by molar-refractivity contribution is 5.60. The largest absolute Gasteiger partial charge is 0.573 e. The van der Waals surface area contributed by atoms with Gasteiger partial charge in [0.2, 0.25) is 0 Å². The zero-order valence-corrected chi connectivity index (χ0v) is 10.5. The quantitative estimate of drug-likeness (QED) is 0.840. The van der Waals surface area contributed by atoms with Gasteiger partial charge < -0.3 is 10.1 Å². The molecule has 1 aliphatic heterocycles. The third-order valence-electron chi connectivity index (χ3n) is 3.03. The Kier molecular flexibility index (Phi) is 3.89. The predicted molar refractivity (Wildman–Crippen MR) is 67.0 cm³/mol. The van der Waals surface area contributed by atoms with Gasteiger partial charge in [-0.3, -0.25) is 0 Å². The van der Waals surface area contributed by atoms with Crippen LogP contribution in [-0.4, -0.2) is 12.9 Å². The molecule has 1 aromatic carbocycles. The minimum absolute atomic E-state index is 0.165. The summed E-state index contributed by atoms with van der Waals surface area (Å²) in [6.45, 7) is 2.51. The van der Waals surface area contributed by atoms with Crippen LogP contribution in [0.3, 0.4) is 0 Å². The standard InChI is InChI=1S/C14H14F3NO/c1-2-3-4-5-10-9-18-13-7-6-11(8-12(10)13)19-14(15,16)17/h6-8,10,18H,4-5,9H2,1H3. The molecule has 0 saturated heterocycles. The number of anilines is 1. The van der Waals surface area contributed by atoms with Gasteiger partial charge in [0.15, 0.2) is 0 Å². The van der Waals surface area contributed by atoms with Crippen LogP contribution in [0.2, 0.25) is 0 Å². The second-order valence-corrected chi connectivity index (χ2v) is 4.34. The number of nitrogens with one attached hydrogen (secondary N) is 1. The molecule has 1 heterocycles. The fourth-order valence-electron chi connectivity index (χ4n) is 2.21. The first-order valence-electron chi connectivity index (χ1n) is 6.03. The van der Waals surface area contributed by atoms with E-state index in [0.29, 0.717) is 0 Å². The summed E-state index contributed by atoms with van der Waals surface area (Å²) < 4.78 is 40.5. The minimum atomic E-state index is -4.65. The Morgan fingerprint density at radius 1 is 1.42 bits per heavy atom. The fraction of sp³-hybridized carbons (Fsp3) is 0.429. The van der Waals surface area contributed by atoms with Gasteiger partial charge in [-0.05, 0) is 37.1 Å². The zero-order valence-electron chi connectivity index (χ0n) is 10.5. The Hall–Kier alpha value is -1.83. The summed E-state index contributed by atoms with van der Waals surface area (Å²) in [5.74, 6) is 5.81. The molecule has 0 bridgehead atoms. The second kappa shape index (κ2) is 5.43. The van der Waals surface area contributed by atoms with Crippen LogP contribution in [0.25, 0.3) is 0 Å². The molecule has 19 heavy (non-hydrogen) atoms. The Labute approximate surface area is 110 Å². The van der Waals surface area contributed by atoms with Gasteiger partial charge >= 0.3 is 6.36 Å². The van der Waals surface area contributed by atoms with E-state index in [9.17, 15) is 13.2 Å². The minimum Gasteiger partial charge on any atom is -0.406 e. The summed E-state index contributed by atoms with van der Waals surface area (Å²) in [6, 6.07) is 4.42. The number of ether oxygens (including phenoxy) is 1. The highest BCUT2D eigenvalue weighted by atomic mass is 19.4. The van der Waals surface area contributed by atoms with Crippen molar-refractivity contribution in [1.29, 1.82) is 0 Å². The van der Waals surface area contributed by atoms with Gasteiger partial charge in [-0.25, -0.2) is 0 Å². The SMILES string of the molecule is CC#CCCC1CNc2ccc(OC(F)(F)F)cc21. The van der Waals surface area contributed by atoms with Crippen molar-refractivity contribution < 1.29 is 17.9 Å². The van der Waals surface area contributed by atoms with Crippen molar-refractivity contribution >= 4 is 5.69 Å². The molecule has 102 valence electrons. The number of benzene rings is 1. The van der Waals surface area contributed by atoms with Gasteiger partial charge in [-0.15, -0.1) is 25.0 Å². The van der Waals surface area contributed by atoms with Crippen LogP contribution in [0.5, 0.6) is 5.75 Å². The smallest absolute Gasteiger partial charge is 0.406 e. The van der Waals surface area contributed by atoms with Crippen molar-refractivity contribution in [3.8, 4) is 17.6 Å². The average molecular weight is 269 g/mol. The summed E-state index contributed by atoms with van der Waals surface area (Å²) in [6.07, 6.45) is -3.08. The lowest BCUT2D eigenvalue weighted by Gasteiger charge is -2.12. The lowest BCUT2D eigenvalue weighted by Crippen LogP contribution is -2.17. The van der Waals surface area contributed by atoms with Crippen LogP contribution in [0.15, 0.2) is 18.2 Å². The first-order chi connectivity index (χ1) is 8.99. The molecule has 1 unspecified atom stereocenters. The highest BCUT2D eigenvalue weighted by Crippen LogP contribution is 2.37. The summed E-state index contributed by atoms with van der Waals surface area (Å²) in [5.41, 5.74) is 1.75. The van der Waals surface area contributed by atoms with Gasteiger partial charge in [-0.1, -0.05) is 0 Å². The molecule has 0 radical (unpaired) electrons. The summed E-state index contributed by atoms with van der Waals surface area (Å²) in [4.78, 5) is 0. The average Bonchev–Trinajstić information content (AvgIpc) is 2.70. The fourth-order valence-corrected chi connectivity index (χ4v) is 2.21. The number of alkyl halides is 3. The normalized spacial score (nSPS) is 17.2. The number of hydrogen-bond donors (Lipinski definition) is 1. The van der Waals surface area contributed by atoms with E-state index in [-0.39, 0.29) is 11.7 Å². The summed E-state index contributed by atoms with van der Waals surface area (Å²) in [5, 5.41) is 3.18. The molecule has 0 aromatic heterocycles. The van der Waals surface area contributed by atoms with Crippen molar-refractivity contribution in [2.45, 2.75) is 32.0 Å². The Bertz CT molecular complexity index is 514. The van der Waals surface area contributed by atoms with Crippen molar-refractivity contribution in [3.63, 3.8) is 0 Å². The van der Waals surface area contributed by atoms with Crippen LogP contribution >= 0.6 is 0 Å². The maximum atomic E-state index is 12.2. The molecule has 1 aromatic rings. The molecule has 0 saturated carbocycles. The van der Waals surface area contributed by atoms with E-state index in [1.807, 2.05) is 0 Å². The molecule has 0 fully saturated rings. The Balaban J connectivity index is 2.13. The molecular weight excluding hydrogens is 255 g/mol. The van der Waals surface area contributed by atoms with Gasteiger partial charge in [0, 0.05) is 24.6 Å². The number of rotatable bonds is 3. The monoisotopic (exact) mass is 269 g/mol. The van der Waals surface area contributed by atoms with E-state index in [1.165, 1.54) is 12.1 Å². The topological polar surface area (TPSA) is 21.3 Å². The van der Waals surface area contributed by atoms with Crippen molar-refractivity contribution in [2.24, 2.45) is 0 Å². The van der Waals surface area contributed by atoms with E-state index >= 15 is 0 Å². The van der Waals surface area contributed by atoms with Crippen LogP contribution < -0.4 is 10.1 Å². The molecule has 1 N–H and O–H groups in total. The van der Waals surface area contributed by atoms with Crippen LogP contribution in [0.1, 0.15) is 31.2 Å². The zero-order chi connectivity index (χ0) is 13.9. The van der Waals surface area contributed by atoms with Gasteiger partial charge in [0.05, 0.1) is 0 Å². The van der Waals surface area contributed by atoms with Crippen molar-refractivity contribution in [2.75, 3.05) is 11.9 Å². The summed E-state index contributed by atoms with van der Waals surface area (Å²) >= 11 is 0. The number of hydrogen-bond acceptors (Lipinski definition) is 2. The van der Waals surface area contributed by atoms with Crippen LogP contribution in [0, 0.1) is 11.8 Å². The van der Waals surface area contributed by atoms with E-state index in [0.717, 1.165) is 30.6 Å². The lowest BCUT2D eigenvalue weighted by molar-refractivity contribution is -0.274. The molecule has 2 rings (SSSR count). The molecule has 0 aliphatic carbocycles. The van der Waals surface area contributed by atoms with E-state index in [1.54, 1.807) is 13.0 Å². The molecule has 1 aliphatic rings. The molecule has 0 amide bonds. The Morgan fingerprint density at radius 2 is 2.21 bits per heavy atom. The highest BCUT2D eigenvalue weighted by Gasteiger charge is 2.32. The third kappa shape index (κ3) is 3.57. The molecule has 1 atom stereocenters. The predicted octanol–water partition coefficient (Wildman–Crippen LogP) is 3.90. The molecule has 2 nitrogen and oxygen atoms in total. The van der Waals surface area contributed by atoms with Crippen molar-refractivity contribution in [1.82, 2.24) is 0 Å². The Morgan fingerprint density at radius 3 is 2.89 bits per heavy atom. The number of fused-ring (bicyclic) bond motifs is 1. The molecule has 0 spiro atoms. The summed E-state index contributed by atoms with van der Waals surface area (Å²) in [7, 11) is 0. The van der Waals surface area contributed by atoms with Gasteiger partial charge in [0.1, 0.15) is 5.75 Å². The first kappa shape index (κ1) is 13.6.